The number of carboxylic acids is 1. The summed E-state index contributed by atoms with van der Waals surface area (Å²) in [6.07, 6.45) is 7.71. The Kier molecular flexibility index (Phi) is 4.33. The van der Waals surface area contributed by atoms with Crippen molar-refractivity contribution in [2.24, 2.45) is 11.3 Å². The van der Waals surface area contributed by atoms with E-state index < -0.39 is 11.4 Å². The number of amides is 2. The minimum absolute atomic E-state index is 0.0586. The molecular formula is C19H23N5O3. The molecule has 2 fully saturated rings. The number of carboxylic acid groups (broad SMARTS) is 1. The van der Waals surface area contributed by atoms with Crippen LogP contribution in [0.2, 0.25) is 0 Å². The summed E-state index contributed by atoms with van der Waals surface area (Å²) in [5.41, 5.74) is 0.115. The van der Waals surface area contributed by atoms with Crippen LogP contribution in [0.25, 0.3) is 5.82 Å². The van der Waals surface area contributed by atoms with Crippen molar-refractivity contribution in [1.29, 1.82) is 0 Å². The number of aliphatic carboxylic acids is 1. The van der Waals surface area contributed by atoms with Crippen LogP contribution in [0.5, 0.6) is 0 Å². The molecule has 0 bridgehead atoms. The number of carbonyl (C=O) groups is 2. The normalized spacial score (nSPS) is 24.0. The first-order valence-electron chi connectivity index (χ1n) is 9.22. The molecule has 1 saturated carbocycles. The molecule has 2 atom stereocenters. The van der Waals surface area contributed by atoms with Crippen molar-refractivity contribution < 1.29 is 14.7 Å². The molecule has 3 heterocycles. The Hall–Kier alpha value is -2.90. The lowest BCUT2D eigenvalue weighted by atomic mass is 9.81. The molecule has 2 aromatic rings. The number of nitrogens with zero attached hydrogens (tertiary/aromatic N) is 4. The van der Waals surface area contributed by atoms with Gasteiger partial charge >= 0.3 is 12.0 Å². The highest BCUT2D eigenvalue weighted by atomic mass is 16.4. The zero-order chi connectivity index (χ0) is 19.0. The van der Waals surface area contributed by atoms with Gasteiger partial charge in [0.05, 0.1) is 5.41 Å². The van der Waals surface area contributed by atoms with Gasteiger partial charge in [-0.1, -0.05) is 12.5 Å². The lowest BCUT2D eigenvalue weighted by Gasteiger charge is -2.23. The van der Waals surface area contributed by atoms with E-state index in [4.69, 9.17) is 0 Å². The second kappa shape index (κ2) is 6.68. The summed E-state index contributed by atoms with van der Waals surface area (Å²) < 4.78 is 1.88. The average molecular weight is 369 g/mol. The van der Waals surface area contributed by atoms with Crippen molar-refractivity contribution >= 4 is 12.0 Å². The van der Waals surface area contributed by atoms with Gasteiger partial charge < -0.3 is 15.3 Å². The van der Waals surface area contributed by atoms with Gasteiger partial charge in [0.2, 0.25) is 0 Å². The molecule has 27 heavy (non-hydrogen) atoms. The van der Waals surface area contributed by atoms with Gasteiger partial charge in [0, 0.05) is 43.8 Å². The van der Waals surface area contributed by atoms with Crippen LogP contribution < -0.4 is 5.32 Å². The number of hydrogen-bond acceptors (Lipinski definition) is 4. The van der Waals surface area contributed by atoms with E-state index in [0.29, 0.717) is 26.1 Å². The van der Waals surface area contributed by atoms with Crippen LogP contribution in [0.15, 0.2) is 30.7 Å². The van der Waals surface area contributed by atoms with Crippen molar-refractivity contribution in [3.05, 3.63) is 42.1 Å². The summed E-state index contributed by atoms with van der Waals surface area (Å²) in [7, 11) is 0. The van der Waals surface area contributed by atoms with E-state index in [0.717, 1.165) is 30.0 Å². The van der Waals surface area contributed by atoms with Crippen LogP contribution in [-0.2, 0) is 11.3 Å². The molecule has 8 heteroatoms. The summed E-state index contributed by atoms with van der Waals surface area (Å²) in [5.74, 6) is 0.832. The lowest BCUT2D eigenvalue weighted by Crippen LogP contribution is -2.41. The molecule has 0 radical (unpaired) electrons. The van der Waals surface area contributed by atoms with Gasteiger partial charge in [-0.25, -0.2) is 14.8 Å². The van der Waals surface area contributed by atoms with Crippen LogP contribution in [0.3, 0.4) is 0 Å². The van der Waals surface area contributed by atoms with Crippen LogP contribution in [0.4, 0.5) is 4.79 Å². The van der Waals surface area contributed by atoms with Crippen molar-refractivity contribution in [3.63, 3.8) is 0 Å². The van der Waals surface area contributed by atoms with Crippen LogP contribution in [0, 0.1) is 18.3 Å². The fraction of sp³-hybridized carbons (Fsp3) is 0.474. The van der Waals surface area contributed by atoms with Crippen molar-refractivity contribution in [1.82, 2.24) is 24.8 Å². The molecule has 0 aromatic carbocycles. The number of rotatable bonds is 4. The molecule has 8 nitrogen and oxygen atoms in total. The maximum absolute atomic E-state index is 12.7. The summed E-state index contributed by atoms with van der Waals surface area (Å²) in [6, 6.07) is 3.53. The van der Waals surface area contributed by atoms with Crippen molar-refractivity contribution in [2.75, 3.05) is 13.1 Å². The summed E-state index contributed by atoms with van der Waals surface area (Å²) in [6.45, 7) is 3.02. The number of fused-ring (bicyclic) bond motifs is 1. The Bertz CT molecular complexity index is 880. The minimum Gasteiger partial charge on any atom is -0.481 e. The van der Waals surface area contributed by atoms with Gasteiger partial charge in [0.1, 0.15) is 11.6 Å². The Morgan fingerprint density at radius 1 is 1.37 bits per heavy atom. The average Bonchev–Trinajstić information content (AvgIpc) is 3.34. The number of urea groups is 1. The quantitative estimate of drug-likeness (QED) is 0.858. The van der Waals surface area contributed by atoms with Gasteiger partial charge in [-0.2, -0.15) is 0 Å². The number of imidazole rings is 1. The third-order valence-electron chi connectivity index (χ3n) is 5.94. The molecule has 2 aromatic heterocycles. The van der Waals surface area contributed by atoms with Crippen molar-refractivity contribution in [2.45, 2.75) is 32.7 Å². The number of nitrogens with one attached hydrogen (secondary N) is 1. The van der Waals surface area contributed by atoms with Gasteiger partial charge in [-0.05, 0) is 31.7 Å². The first-order chi connectivity index (χ1) is 13.0. The molecule has 142 valence electrons. The standard InChI is InChI=1S/C19H23N5O3/c1-13-20-8-9-24(13)16-14(4-3-7-21-16)10-22-18(27)23-11-15-5-2-6-19(15,12-23)17(25)26/h3-4,7-9,15H,2,5-6,10-12H2,1H3,(H,22,27)(H,25,26)/t15-,19+/m0/s1. The van der Waals surface area contributed by atoms with Gasteiger partial charge in [0.25, 0.3) is 0 Å². The number of aryl methyl sites for hydroxylation is 1. The zero-order valence-electron chi connectivity index (χ0n) is 15.3. The fourth-order valence-corrected chi connectivity index (χ4v) is 4.46. The molecule has 1 aliphatic heterocycles. The Morgan fingerprint density at radius 3 is 2.93 bits per heavy atom. The molecule has 1 aliphatic carbocycles. The third-order valence-corrected chi connectivity index (χ3v) is 5.94. The number of hydrogen-bond donors (Lipinski definition) is 2. The van der Waals surface area contributed by atoms with E-state index >= 15 is 0 Å². The van der Waals surface area contributed by atoms with E-state index in [1.165, 1.54) is 0 Å². The summed E-state index contributed by atoms with van der Waals surface area (Å²) in [5, 5.41) is 12.6. The smallest absolute Gasteiger partial charge is 0.317 e. The van der Waals surface area contributed by atoms with Crippen LogP contribution in [-0.4, -0.2) is 49.6 Å². The molecule has 2 amide bonds. The Balaban J connectivity index is 1.46. The Morgan fingerprint density at radius 2 is 2.22 bits per heavy atom. The topological polar surface area (TPSA) is 100 Å². The molecule has 1 saturated heterocycles. The highest BCUT2D eigenvalue weighted by Gasteiger charge is 2.55. The summed E-state index contributed by atoms with van der Waals surface area (Å²) >= 11 is 0. The number of likely N-dealkylation sites (tertiary alicyclic amines) is 1. The van der Waals surface area contributed by atoms with Crippen molar-refractivity contribution in [3.8, 4) is 5.82 Å². The largest absolute Gasteiger partial charge is 0.481 e. The molecule has 2 aliphatic rings. The molecule has 0 spiro atoms. The highest BCUT2D eigenvalue weighted by molar-refractivity contribution is 5.80. The molecule has 0 unspecified atom stereocenters. The monoisotopic (exact) mass is 369 g/mol. The molecule has 4 rings (SSSR count). The first-order valence-corrected chi connectivity index (χ1v) is 9.22. The maximum Gasteiger partial charge on any atom is 0.317 e. The van der Waals surface area contributed by atoms with Gasteiger partial charge in [-0.15, -0.1) is 0 Å². The number of aromatic nitrogens is 3. The van der Waals surface area contributed by atoms with Gasteiger partial charge in [-0.3, -0.25) is 9.36 Å². The predicted octanol–water partition coefficient (Wildman–Crippen LogP) is 1.97. The van der Waals surface area contributed by atoms with E-state index in [1.807, 2.05) is 29.8 Å². The second-order valence-corrected chi connectivity index (χ2v) is 7.42. The molecular weight excluding hydrogens is 346 g/mol. The second-order valence-electron chi connectivity index (χ2n) is 7.42. The highest BCUT2D eigenvalue weighted by Crippen LogP contribution is 2.48. The van der Waals surface area contributed by atoms with Crippen LogP contribution >= 0.6 is 0 Å². The fourth-order valence-electron chi connectivity index (χ4n) is 4.46. The van der Waals surface area contributed by atoms with E-state index in [9.17, 15) is 14.7 Å². The molecule has 2 N–H and O–H groups in total. The minimum atomic E-state index is -0.773. The SMILES string of the molecule is Cc1nccn1-c1ncccc1CNC(=O)N1C[C@@H]2CCC[C@@]2(C(=O)O)C1. The number of pyridine rings is 1. The lowest BCUT2D eigenvalue weighted by molar-refractivity contribution is -0.149. The van der Waals surface area contributed by atoms with E-state index in [2.05, 4.69) is 15.3 Å². The number of carbonyl (C=O) groups excluding carboxylic acids is 1. The van der Waals surface area contributed by atoms with Gasteiger partial charge in [0.15, 0.2) is 0 Å². The van der Waals surface area contributed by atoms with E-state index in [-0.39, 0.29) is 11.9 Å². The zero-order valence-corrected chi connectivity index (χ0v) is 15.3. The Labute approximate surface area is 157 Å². The maximum atomic E-state index is 12.7. The third kappa shape index (κ3) is 2.94. The first kappa shape index (κ1) is 17.5. The summed E-state index contributed by atoms with van der Waals surface area (Å²) in [4.78, 5) is 34.7. The van der Waals surface area contributed by atoms with E-state index in [1.54, 1.807) is 17.3 Å². The van der Waals surface area contributed by atoms with Crippen LogP contribution in [0.1, 0.15) is 30.7 Å². The predicted molar refractivity (Wildman–Crippen MR) is 97.3 cm³/mol.